The van der Waals surface area contributed by atoms with Gasteiger partial charge in [-0.15, -0.1) is 0 Å². The molecule has 3 rings (SSSR count). The molecule has 0 saturated carbocycles. The van der Waals surface area contributed by atoms with Crippen molar-refractivity contribution in [1.29, 1.82) is 5.26 Å². The molecule has 0 N–H and O–H groups in total. The van der Waals surface area contributed by atoms with Crippen LogP contribution in [0.2, 0.25) is 0 Å². The summed E-state index contributed by atoms with van der Waals surface area (Å²) >= 11 is 0. The number of nitrogens with zero attached hydrogens (tertiary/aromatic N) is 3. The standard InChI is InChI=1S/C21H18F3N3O3S/c1-13-9-18(17-8-7-14(12-25)10-19(17)31(3,29)30)26(2)20(28)27(13)16-6-4-5-15(11-16)21(22,23)24/h4-11,18H,1-3H3/t18-/m0/s1. The molecule has 0 saturated heterocycles. The lowest BCUT2D eigenvalue weighted by Gasteiger charge is -2.38. The summed E-state index contributed by atoms with van der Waals surface area (Å²) in [5.74, 6) is 0. The van der Waals surface area contributed by atoms with Crippen LogP contribution in [-0.2, 0) is 16.0 Å². The van der Waals surface area contributed by atoms with Crippen LogP contribution in [0.4, 0.5) is 23.7 Å². The van der Waals surface area contributed by atoms with E-state index in [1.54, 1.807) is 13.0 Å². The first-order valence-corrected chi connectivity index (χ1v) is 10.9. The lowest BCUT2D eigenvalue weighted by molar-refractivity contribution is -0.137. The number of alkyl halides is 3. The number of urea groups is 1. The Morgan fingerprint density at radius 3 is 2.39 bits per heavy atom. The Bertz CT molecular complexity index is 1230. The Morgan fingerprint density at radius 2 is 1.81 bits per heavy atom. The number of benzene rings is 2. The number of rotatable bonds is 3. The molecule has 2 amide bonds. The number of anilines is 1. The molecule has 0 radical (unpaired) electrons. The number of nitriles is 1. The second-order valence-corrected chi connectivity index (χ2v) is 9.15. The number of hydrogen-bond acceptors (Lipinski definition) is 4. The molecule has 2 aromatic rings. The molecule has 162 valence electrons. The smallest absolute Gasteiger partial charge is 0.316 e. The molecule has 0 aliphatic carbocycles. The van der Waals surface area contributed by atoms with Gasteiger partial charge < -0.3 is 4.90 Å². The summed E-state index contributed by atoms with van der Waals surface area (Å²) in [5.41, 5.74) is -0.0549. The quantitative estimate of drug-likeness (QED) is 0.691. The van der Waals surface area contributed by atoms with Gasteiger partial charge in [0.05, 0.1) is 33.8 Å². The van der Waals surface area contributed by atoms with Crippen molar-refractivity contribution < 1.29 is 26.4 Å². The Balaban J connectivity index is 2.12. The van der Waals surface area contributed by atoms with Crippen molar-refractivity contribution in [3.8, 4) is 6.07 Å². The van der Waals surface area contributed by atoms with Gasteiger partial charge in [-0.3, -0.25) is 4.90 Å². The minimum absolute atomic E-state index is 0.0436. The Labute approximate surface area is 177 Å². The molecule has 0 spiro atoms. The first-order valence-electron chi connectivity index (χ1n) is 9.01. The van der Waals surface area contributed by atoms with Crippen molar-refractivity contribution in [1.82, 2.24) is 4.90 Å². The minimum atomic E-state index is -4.56. The topological polar surface area (TPSA) is 81.5 Å². The molecule has 6 nitrogen and oxygen atoms in total. The predicted octanol–water partition coefficient (Wildman–Crippen LogP) is 4.50. The molecule has 0 bridgehead atoms. The summed E-state index contributed by atoms with van der Waals surface area (Å²) in [6.45, 7) is 1.56. The number of likely N-dealkylation sites (N-methyl/N-ethyl adjacent to an activating group) is 1. The van der Waals surface area contributed by atoms with Crippen molar-refractivity contribution in [2.24, 2.45) is 0 Å². The highest BCUT2D eigenvalue weighted by molar-refractivity contribution is 7.90. The molecule has 0 unspecified atom stereocenters. The number of carbonyl (C=O) groups excluding carboxylic acids is 1. The minimum Gasteiger partial charge on any atom is -0.316 e. The van der Waals surface area contributed by atoms with E-state index >= 15 is 0 Å². The van der Waals surface area contributed by atoms with Gasteiger partial charge in [-0.05, 0) is 48.9 Å². The summed E-state index contributed by atoms with van der Waals surface area (Å²) in [7, 11) is -2.29. The number of sulfone groups is 1. The van der Waals surface area contributed by atoms with E-state index in [2.05, 4.69) is 0 Å². The molecule has 1 atom stereocenters. The van der Waals surface area contributed by atoms with Crippen LogP contribution in [0, 0.1) is 11.3 Å². The van der Waals surface area contributed by atoms with E-state index in [4.69, 9.17) is 5.26 Å². The average Bonchev–Trinajstić information content (AvgIpc) is 2.69. The molecule has 1 aliphatic rings. The van der Waals surface area contributed by atoms with E-state index in [0.717, 1.165) is 23.3 Å². The molecular formula is C21H18F3N3O3S. The number of halogens is 3. The van der Waals surface area contributed by atoms with Crippen LogP contribution in [0.3, 0.4) is 0 Å². The average molecular weight is 449 g/mol. The first-order chi connectivity index (χ1) is 14.3. The number of carbonyl (C=O) groups is 1. The molecule has 0 fully saturated rings. The maximum absolute atomic E-state index is 13.1. The molecule has 1 aliphatic heterocycles. The van der Waals surface area contributed by atoms with Gasteiger partial charge in [-0.25, -0.2) is 13.2 Å². The highest BCUT2D eigenvalue weighted by Crippen LogP contribution is 2.37. The monoisotopic (exact) mass is 449 g/mol. The Hall–Kier alpha value is -3.32. The fourth-order valence-corrected chi connectivity index (χ4v) is 4.40. The van der Waals surface area contributed by atoms with Crippen LogP contribution in [0.1, 0.15) is 29.7 Å². The zero-order valence-electron chi connectivity index (χ0n) is 16.8. The van der Waals surface area contributed by atoms with Crippen LogP contribution in [0.25, 0.3) is 0 Å². The summed E-state index contributed by atoms with van der Waals surface area (Å²) in [4.78, 5) is 15.4. The van der Waals surface area contributed by atoms with Crippen LogP contribution in [0.5, 0.6) is 0 Å². The van der Waals surface area contributed by atoms with Crippen molar-refractivity contribution in [3.63, 3.8) is 0 Å². The van der Waals surface area contributed by atoms with Crippen LogP contribution >= 0.6 is 0 Å². The van der Waals surface area contributed by atoms with Gasteiger partial charge in [0, 0.05) is 19.0 Å². The van der Waals surface area contributed by atoms with Gasteiger partial charge in [-0.1, -0.05) is 12.1 Å². The SMILES string of the molecule is CC1=C[C@@H](c2ccc(C#N)cc2S(C)(=O)=O)N(C)C(=O)N1c1cccc(C(F)(F)F)c1. The Kier molecular flexibility index (Phi) is 5.58. The predicted molar refractivity (Wildman–Crippen MR) is 108 cm³/mol. The van der Waals surface area contributed by atoms with Crippen molar-refractivity contribution in [3.05, 3.63) is 70.9 Å². The number of amides is 2. The van der Waals surface area contributed by atoms with Crippen LogP contribution in [-0.4, -0.2) is 32.7 Å². The van der Waals surface area contributed by atoms with E-state index in [1.165, 1.54) is 42.3 Å². The maximum Gasteiger partial charge on any atom is 0.416 e. The fraction of sp³-hybridized carbons (Fsp3) is 0.238. The van der Waals surface area contributed by atoms with E-state index in [0.29, 0.717) is 11.3 Å². The molecular weight excluding hydrogens is 431 g/mol. The van der Waals surface area contributed by atoms with Crippen LogP contribution in [0.15, 0.2) is 59.1 Å². The van der Waals surface area contributed by atoms with Gasteiger partial charge in [0.2, 0.25) is 0 Å². The van der Waals surface area contributed by atoms with Gasteiger partial charge in [0.15, 0.2) is 9.84 Å². The number of allylic oxidation sites excluding steroid dienone is 1. The molecule has 0 aromatic heterocycles. The lowest BCUT2D eigenvalue weighted by atomic mass is 10.0. The molecule has 10 heteroatoms. The second kappa shape index (κ2) is 7.74. The summed E-state index contributed by atoms with van der Waals surface area (Å²) in [6, 6.07) is 9.04. The van der Waals surface area contributed by atoms with E-state index in [1.807, 2.05) is 6.07 Å². The van der Waals surface area contributed by atoms with E-state index in [-0.39, 0.29) is 16.1 Å². The molecule has 1 heterocycles. The Morgan fingerprint density at radius 1 is 1.13 bits per heavy atom. The summed E-state index contributed by atoms with van der Waals surface area (Å²) in [6.07, 6.45) is -1.96. The van der Waals surface area contributed by atoms with Crippen molar-refractivity contribution in [2.45, 2.75) is 24.0 Å². The van der Waals surface area contributed by atoms with Gasteiger partial charge >= 0.3 is 12.2 Å². The highest BCUT2D eigenvalue weighted by atomic mass is 32.2. The fourth-order valence-electron chi connectivity index (χ4n) is 3.45. The number of hydrogen-bond donors (Lipinski definition) is 0. The third-order valence-electron chi connectivity index (χ3n) is 4.95. The van der Waals surface area contributed by atoms with Crippen LogP contribution < -0.4 is 4.90 Å². The summed E-state index contributed by atoms with van der Waals surface area (Å²) in [5, 5.41) is 9.10. The zero-order valence-corrected chi connectivity index (χ0v) is 17.6. The van der Waals surface area contributed by atoms with Gasteiger partial charge in [0.1, 0.15) is 0 Å². The molecule has 31 heavy (non-hydrogen) atoms. The molecule has 2 aromatic carbocycles. The first kappa shape index (κ1) is 22.4. The normalized spacial score (nSPS) is 17.4. The second-order valence-electron chi connectivity index (χ2n) is 7.17. The summed E-state index contributed by atoms with van der Waals surface area (Å²) < 4.78 is 63.9. The van der Waals surface area contributed by atoms with Crippen molar-refractivity contribution in [2.75, 3.05) is 18.2 Å². The van der Waals surface area contributed by atoms with Crippen molar-refractivity contribution >= 4 is 21.6 Å². The van der Waals surface area contributed by atoms with E-state index < -0.39 is 33.6 Å². The lowest BCUT2D eigenvalue weighted by Crippen LogP contribution is -2.45. The maximum atomic E-state index is 13.1. The van der Waals surface area contributed by atoms with E-state index in [9.17, 15) is 26.4 Å². The zero-order chi connectivity index (χ0) is 23.1. The third-order valence-corrected chi connectivity index (χ3v) is 6.11. The van der Waals surface area contributed by atoms with Gasteiger partial charge in [0.25, 0.3) is 0 Å². The van der Waals surface area contributed by atoms with Gasteiger partial charge in [-0.2, -0.15) is 18.4 Å². The highest BCUT2D eigenvalue weighted by Gasteiger charge is 2.36. The third kappa shape index (κ3) is 4.27. The largest absolute Gasteiger partial charge is 0.416 e.